The van der Waals surface area contributed by atoms with Crippen molar-refractivity contribution < 1.29 is 14.0 Å². The first-order chi connectivity index (χ1) is 18.4. The molecule has 1 aliphatic carbocycles. The highest BCUT2D eigenvalue weighted by molar-refractivity contribution is 6.13. The van der Waals surface area contributed by atoms with Gasteiger partial charge in [-0.1, -0.05) is 42.5 Å². The highest BCUT2D eigenvalue weighted by Crippen LogP contribution is 2.44. The van der Waals surface area contributed by atoms with Crippen LogP contribution in [0.15, 0.2) is 60.8 Å². The number of fused-ring (bicyclic) bond motifs is 2. The van der Waals surface area contributed by atoms with Crippen LogP contribution in [0.3, 0.4) is 0 Å². The number of rotatable bonds is 6. The number of benzene rings is 2. The zero-order valence-electron chi connectivity index (χ0n) is 21.6. The van der Waals surface area contributed by atoms with Gasteiger partial charge in [0, 0.05) is 38.7 Å². The number of hydrogen-bond donors (Lipinski definition) is 2. The predicted octanol–water partition coefficient (Wildman–Crippen LogP) is 4.11. The van der Waals surface area contributed by atoms with Gasteiger partial charge in [0.1, 0.15) is 11.2 Å². The molecule has 3 aromatic rings. The Morgan fingerprint density at radius 3 is 2.66 bits per heavy atom. The van der Waals surface area contributed by atoms with Gasteiger partial charge in [0.15, 0.2) is 6.30 Å². The lowest BCUT2D eigenvalue weighted by Crippen LogP contribution is -2.59. The Kier molecular flexibility index (Phi) is 6.39. The Bertz CT molecular complexity index is 1340. The summed E-state index contributed by atoms with van der Waals surface area (Å²) in [5, 5.41) is 10.7. The molecule has 1 saturated carbocycles. The topological polar surface area (TPSA) is 82.5 Å². The van der Waals surface area contributed by atoms with Gasteiger partial charge in [-0.2, -0.15) is 5.10 Å². The Morgan fingerprint density at radius 2 is 1.89 bits per heavy atom. The van der Waals surface area contributed by atoms with E-state index in [0.29, 0.717) is 24.7 Å². The molecule has 9 heteroatoms. The summed E-state index contributed by atoms with van der Waals surface area (Å²) in [5.74, 6) is 0.526. The number of hydrogen-bond acceptors (Lipinski definition) is 5. The fourth-order valence-corrected chi connectivity index (χ4v) is 5.67. The average molecular weight is 517 g/mol. The molecular weight excluding hydrogens is 483 g/mol. The van der Waals surface area contributed by atoms with E-state index in [-0.39, 0.29) is 31.8 Å². The van der Waals surface area contributed by atoms with Gasteiger partial charge in [0.25, 0.3) is 0 Å². The van der Waals surface area contributed by atoms with Crippen LogP contribution < -0.4 is 15.5 Å². The zero-order chi connectivity index (χ0) is 26.3. The number of aromatic nitrogens is 2. The summed E-state index contributed by atoms with van der Waals surface area (Å²) in [6, 6.07) is 17.1. The second-order valence-corrected chi connectivity index (χ2v) is 10.8. The number of piperidine rings is 1. The van der Waals surface area contributed by atoms with Crippen LogP contribution in [0.25, 0.3) is 0 Å². The van der Waals surface area contributed by atoms with Gasteiger partial charge >= 0.3 is 0 Å². The third-order valence-electron chi connectivity index (χ3n) is 8.10. The Morgan fingerprint density at radius 1 is 1.13 bits per heavy atom. The first-order valence-corrected chi connectivity index (χ1v) is 13.3. The third-order valence-corrected chi connectivity index (χ3v) is 8.10. The molecule has 1 aromatic heterocycles. The summed E-state index contributed by atoms with van der Waals surface area (Å²) >= 11 is 0. The van der Waals surface area contributed by atoms with Crippen molar-refractivity contribution in [1.29, 1.82) is 0 Å². The minimum Gasteiger partial charge on any atom is -0.351 e. The van der Waals surface area contributed by atoms with Crippen molar-refractivity contribution in [3.8, 4) is 0 Å². The molecule has 2 N–H and O–H groups in total. The summed E-state index contributed by atoms with van der Waals surface area (Å²) < 4.78 is 17.5. The van der Waals surface area contributed by atoms with E-state index in [4.69, 9.17) is 0 Å². The van der Waals surface area contributed by atoms with Crippen LogP contribution in [-0.2, 0) is 29.7 Å². The van der Waals surface area contributed by atoms with E-state index in [2.05, 4.69) is 15.7 Å². The molecule has 6 rings (SSSR count). The van der Waals surface area contributed by atoms with Gasteiger partial charge in [0.05, 0.1) is 24.1 Å². The first kappa shape index (κ1) is 24.6. The fraction of sp³-hybridized carbons (Fsp3) is 0.414. The molecule has 198 valence electrons. The SMILES string of the molecule is Cn1ncc2c1Nc1ccccc1N(C(=O)C1(C(=O)NCc3ccccc3)CCN(CC3CC3)C(F)C1)C2. The molecule has 3 heterocycles. The minimum absolute atomic E-state index is 0.162. The standard InChI is InChI=1S/C29H33FN6O2/c1-34-26-22(17-32-34)19-36(24-10-6-5-9-23(24)33-26)28(38)29(27(37)31-16-20-7-3-2-4-8-20)13-14-35(25(30)15-29)18-21-11-12-21/h2-10,17,21,25,33H,11-16,18-19H2,1H3,(H,31,37). The van der Waals surface area contributed by atoms with Crippen LogP contribution in [0.1, 0.15) is 36.8 Å². The largest absolute Gasteiger partial charge is 0.351 e. The number of likely N-dealkylation sites (tertiary alicyclic amines) is 1. The second-order valence-electron chi connectivity index (χ2n) is 10.8. The van der Waals surface area contributed by atoms with Crippen molar-refractivity contribution in [2.24, 2.45) is 18.4 Å². The van der Waals surface area contributed by atoms with Crippen molar-refractivity contribution in [2.75, 3.05) is 23.3 Å². The smallest absolute Gasteiger partial charge is 0.243 e. The van der Waals surface area contributed by atoms with Gasteiger partial charge < -0.3 is 15.5 Å². The molecule has 38 heavy (non-hydrogen) atoms. The van der Waals surface area contributed by atoms with Crippen LogP contribution in [0.2, 0.25) is 0 Å². The van der Waals surface area contributed by atoms with Crippen molar-refractivity contribution in [1.82, 2.24) is 20.0 Å². The summed E-state index contributed by atoms with van der Waals surface area (Å²) in [4.78, 5) is 32.0. The van der Waals surface area contributed by atoms with E-state index in [1.165, 1.54) is 0 Å². The van der Waals surface area contributed by atoms with Gasteiger partial charge in [-0.05, 0) is 42.9 Å². The number of carbonyl (C=O) groups excluding carboxylic acids is 2. The number of nitrogens with one attached hydrogen (secondary N) is 2. The number of halogens is 1. The Labute approximate surface area is 221 Å². The number of para-hydroxylation sites is 2. The molecule has 2 atom stereocenters. The highest BCUT2D eigenvalue weighted by Gasteiger charge is 2.54. The minimum atomic E-state index is -1.52. The maximum absolute atomic E-state index is 15.8. The van der Waals surface area contributed by atoms with Gasteiger partial charge in [-0.3, -0.25) is 19.2 Å². The van der Waals surface area contributed by atoms with Crippen LogP contribution in [-0.4, -0.2) is 45.9 Å². The maximum Gasteiger partial charge on any atom is 0.243 e. The predicted molar refractivity (Wildman–Crippen MR) is 143 cm³/mol. The molecule has 3 aliphatic rings. The Hall–Kier alpha value is -3.72. The number of anilines is 3. The molecular formula is C29H33FN6O2. The van der Waals surface area contributed by atoms with E-state index in [9.17, 15) is 9.59 Å². The van der Waals surface area contributed by atoms with Crippen LogP contribution >= 0.6 is 0 Å². The average Bonchev–Trinajstić information content (AvgIpc) is 3.72. The molecule has 2 unspecified atom stereocenters. The highest BCUT2D eigenvalue weighted by atomic mass is 19.1. The molecule has 2 aromatic carbocycles. The molecule has 0 radical (unpaired) electrons. The quantitative estimate of drug-likeness (QED) is 0.381. The lowest BCUT2D eigenvalue weighted by atomic mass is 9.75. The molecule has 2 aliphatic heterocycles. The number of alkyl halides is 1. The molecule has 2 fully saturated rings. The lowest BCUT2D eigenvalue weighted by molar-refractivity contribution is -0.150. The van der Waals surface area contributed by atoms with Crippen LogP contribution in [0.5, 0.6) is 0 Å². The Balaban J connectivity index is 1.34. The lowest BCUT2D eigenvalue weighted by Gasteiger charge is -2.43. The van der Waals surface area contributed by atoms with E-state index in [0.717, 1.165) is 35.5 Å². The molecule has 2 amide bonds. The molecule has 1 saturated heterocycles. The number of amides is 2. The van der Waals surface area contributed by atoms with E-state index in [1.807, 2.05) is 66.5 Å². The molecule has 0 bridgehead atoms. The van der Waals surface area contributed by atoms with Crippen molar-refractivity contribution >= 4 is 29.0 Å². The van der Waals surface area contributed by atoms with Crippen LogP contribution in [0.4, 0.5) is 21.6 Å². The van der Waals surface area contributed by atoms with Gasteiger partial charge in [-0.15, -0.1) is 0 Å². The number of nitrogens with zero attached hydrogens (tertiary/aromatic N) is 4. The summed E-state index contributed by atoms with van der Waals surface area (Å²) in [5.41, 5.74) is 1.65. The van der Waals surface area contributed by atoms with Gasteiger partial charge in [0.2, 0.25) is 11.8 Å². The normalized spacial score (nSPS) is 23.1. The van der Waals surface area contributed by atoms with E-state index in [1.54, 1.807) is 15.8 Å². The van der Waals surface area contributed by atoms with Gasteiger partial charge in [-0.25, -0.2) is 4.39 Å². The van der Waals surface area contributed by atoms with Crippen molar-refractivity contribution in [2.45, 2.75) is 45.1 Å². The first-order valence-electron chi connectivity index (χ1n) is 13.3. The summed E-state index contributed by atoms with van der Waals surface area (Å²) in [6.07, 6.45) is 2.72. The summed E-state index contributed by atoms with van der Waals surface area (Å²) in [7, 11) is 1.84. The number of aryl methyl sites for hydroxylation is 1. The second kappa shape index (κ2) is 9.87. The third kappa shape index (κ3) is 4.55. The maximum atomic E-state index is 15.8. The van der Waals surface area contributed by atoms with E-state index >= 15 is 4.39 Å². The number of carbonyl (C=O) groups is 2. The van der Waals surface area contributed by atoms with Crippen molar-refractivity contribution in [3.63, 3.8) is 0 Å². The molecule has 8 nitrogen and oxygen atoms in total. The molecule has 0 spiro atoms. The van der Waals surface area contributed by atoms with E-state index < -0.39 is 17.6 Å². The summed E-state index contributed by atoms with van der Waals surface area (Å²) in [6.45, 7) is 1.57. The van der Waals surface area contributed by atoms with Crippen LogP contribution in [0, 0.1) is 11.3 Å². The monoisotopic (exact) mass is 516 g/mol. The zero-order valence-corrected chi connectivity index (χ0v) is 21.6. The fourth-order valence-electron chi connectivity index (χ4n) is 5.67. The van der Waals surface area contributed by atoms with Crippen molar-refractivity contribution in [3.05, 3.63) is 71.9 Å².